The first kappa shape index (κ1) is 14.3. The predicted molar refractivity (Wildman–Crippen MR) is 76.7 cm³/mol. The van der Waals surface area contributed by atoms with Gasteiger partial charge in [-0.15, -0.1) is 0 Å². The van der Waals surface area contributed by atoms with Gasteiger partial charge in [0.05, 0.1) is 5.60 Å². The molecule has 0 saturated heterocycles. The summed E-state index contributed by atoms with van der Waals surface area (Å²) in [5.41, 5.74) is -0.399. The standard InChI is InChI=1S/C16H31NO/c18-16(11-5-1-2-6-12-16)14-17-13-7-10-15-8-3-4-9-15/h15,17-18H,1-14H2. The summed E-state index contributed by atoms with van der Waals surface area (Å²) in [5, 5.41) is 14.0. The van der Waals surface area contributed by atoms with E-state index in [2.05, 4.69) is 5.32 Å². The fraction of sp³-hybridized carbons (Fsp3) is 1.00. The van der Waals surface area contributed by atoms with Crippen LogP contribution in [0.15, 0.2) is 0 Å². The van der Waals surface area contributed by atoms with Crippen LogP contribution in [-0.4, -0.2) is 23.8 Å². The van der Waals surface area contributed by atoms with Gasteiger partial charge in [-0.2, -0.15) is 0 Å². The third-order valence-electron chi connectivity index (χ3n) is 4.93. The zero-order chi connectivity index (χ0) is 12.7. The van der Waals surface area contributed by atoms with Gasteiger partial charge in [-0.05, 0) is 38.1 Å². The minimum Gasteiger partial charge on any atom is -0.389 e. The zero-order valence-electron chi connectivity index (χ0n) is 11.9. The van der Waals surface area contributed by atoms with Crippen molar-refractivity contribution in [1.29, 1.82) is 0 Å². The molecule has 2 fully saturated rings. The van der Waals surface area contributed by atoms with Crippen molar-refractivity contribution in [2.75, 3.05) is 13.1 Å². The average Bonchev–Trinajstić information content (AvgIpc) is 2.78. The number of hydrogen-bond acceptors (Lipinski definition) is 2. The zero-order valence-corrected chi connectivity index (χ0v) is 11.9. The molecule has 0 aromatic carbocycles. The third kappa shape index (κ3) is 4.89. The van der Waals surface area contributed by atoms with Crippen LogP contribution < -0.4 is 5.32 Å². The maximum Gasteiger partial charge on any atom is 0.0771 e. The highest BCUT2D eigenvalue weighted by atomic mass is 16.3. The Labute approximate surface area is 113 Å². The van der Waals surface area contributed by atoms with Crippen LogP contribution in [0.3, 0.4) is 0 Å². The van der Waals surface area contributed by atoms with Crippen molar-refractivity contribution >= 4 is 0 Å². The van der Waals surface area contributed by atoms with Gasteiger partial charge in [0, 0.05) is 6.54 Å². The van der Waals surface area contributed by atoms with Crippen molar-refractivity contribution in [2.45, 2.75) is 82.7 Å². The van der Waals surface area contributed by atoms with Crippen LogP contribution in [0.25, 0.3) is 0 Å². The Hall–Kier alpha value is -0.0800. The number of hydrogen-bond donors (Lipinski definition) is 2. The monoisotopic (exact) mass is 253 g/mol. The molecule has 0 aliphatic heterocycles. The molecular formula is C16H31NO. The minimum absolute atomic E-state index is 0.399. The highest BCUT2D eigenvalue weighted by Gasteiger charge is 2.27. The van der Waals surface area contributed by atoms with Crippen molar-refractivity contribution in [3.8, 4) is 0 Å². The van der Waals surface area contributed by atoms with E-state index < -0.39 is 5.60 Å². The molecule has 18 heavy (non-hydrogen) atoms. The fourth-order valence-electron chi connectivity index (χ4n) is 3.70. The van der Waals surface area contributed by atoms with Gasteiger partial charge in [-0.3, -0.25) is 0 Å². The molecule has 2 aliphatic rings. The van der Waals surface area contributed by atoms with Gasteiger partial charge in [0.15, 0.2) is 0 Å². The predicted octanol–water partition coefficient (Wildman–Crippen LogP) is 3.63. The normalized spacial score (nSPS) is 25.2. The molecule has 0 atom stereocenters. The van der Waals surface area contributed by atoms with E-state index in [4.69, 9.17) is 0 Å². The van der Waals surface area contributed by atoms with Crippen molar-refractivity contribution in [3.63, 3.8) is 0 Å². The van der Waals surface area contributed by atoms with E-state index in [0.717, 1.165) is 31.8 Å². The Bertz CT molecular complexity index is 215. The summed E-state index contributed by atoms with van der Waals surface area (Å²) in [5.74, 6) is 1.01. The second kappa shape index (κ2) is 7.49. The SMILES string of the molecule is OC1(CNCCCC2CCCC2)CCCCCC1. The maximum absolute atomic E-state index is 10.5. The molecule has 106 valence electrons. The highest BCUT2D eigenvalue weighted by Crippen LogP contribution is 2.28. The van der Waals surface area contributed by atoms with Gasteiger partial charge in [-0.1, -0.05) is 51.4 Å². The molecule has 2 rings (SSSR count). The minimum atomic E-state index is -0.399. The smallest absolute Gasteiger partial charge is 0.0771 e. The molecule has 2 saturated carbocycles. The first-order valence-corrected chi connectivity index (χ1v) is 8.22. The number of aliphatic hydroxyl groups is 1. The van der Waals surface area contributed by atoms with Gasteiger partial charge in [-0.25, -0.2) is 0 Å². The Morgan fingerprint density at radius 1 is 0.944 bits per heavy atom. The number of nitrogens with one attached hydrogen (secondary N) is 1. The van der Waals surface area contributed by atoms with Crippen LogP contribution in [0.4, 0.5) is 0 Å². The van der Waals surface area contributed by atoms with Crippen molar-refractivity contribution < 1.29 is 5.11 Å². The molecule has 2 nitrogen and oxygen atoms in total. The van der Waals surface area contributed by atoms with Gasteiger partial charge in [0.1, 0.15) is 0 Å². The Morgan fingerprint density at radius 3 is 2.28 bits per heavy atom. The van der Waals surface area contributed by atoms with Crippen LogP contribution in [0.5, 0.6) is 0 Å². The van der Waals surface area contributed by atoms with Crippen molar-refractivity contribution in [1.82, 2.24) is 5.32 Å². The van der Waals surface area contributed by atoms with E-state index in [1.54, 1.807) is 0 Å². The Morgan fingerprint density at radius 2 is 1.61 bits per heavy atom. The van der Waals surface area contributed by atoms with E-state index in [9.17, 15) is 5.11 Å². The summed E-state index contributed by atoms with van der Waals surface area (Å²) in [6, 6.07) is 0. The largest absolute Gasteiger partial charge is 0.389 e. The van der Waals surface area contributed by atoms with Gasteiger partial charge >= 0.3 is 0 Å². The maximum atomic E-state index is 10.5. The average molecular weight is 253 g/mol. The molecule has 0 spiro atoms. The van der Waals surface area contributed by atoms with Gasteiger partial charge in [0.2, 0.25) is 0 Å². The molecule has 2 heteroatoms. The van der Waals surface area contributed by atoms with Crippen molar-refractivity contribution in [3.05, 3.63) is 0 Å². The van der Waals surface area contributed by atoms with Crippen molar-refractivity contribution in [2.24, 2.45) is 5.92 Å². The fourth-order valence-corrected chi connectivity index (χ4v) is 3.70. The quantitative estimate of drug-likeness (QED) is 0.559. The molecular weight excluding hydrogens is 222 g/mol. The molecule has 2 aliphatic carbocycles. The molecule has 0 radical (unpaired) electrons. The summed E-state index contributed by atoms with van der Waals surface area (Å²) in [7, 11) is 0. The lowest BCUT2D eigenvalue weighted by Gasteiger charge is -2.27. The summed E-state index contributed by atoms with van der Waals surface area (Å²) in [4.78, 5) is 0. The molecule has 2 N–H and O–H groups in total. The first-order valence-electron chi connectivity index (χ1n) is 8.22. The highest BCUT2D eigenvalue weighted by molar-refractivity contribution is 4.83. The molecule has 0 heterocycles. The van der Waals surface area contributed by atoms with E-state index >= 15 is 0 Å². The second-order valence-electron chi connectivity index (χ2n) is 6.61. The van der Waals surface area contributed by atoms with E-state index in [1.807, 2.05) is 0 Å². The molecule has 0 unspecified atom stereocenters. The molecule has 0 aromatic heterocycles. The van der Waals surface area contributed by atoms with Crippen LogP contribution in [0.1, 0.15) is 77.0 Å². The summed E-state index contributed by atoms with van der Waals surface area (Å²) < 4.78 is 0. The van der Waals surface area contributed by atoms with Crippen LogP contribution in [0, 0.1) is 5.92 Å². The lowest BCUT2D eigenvalue weighted by Crippen LogP contribution is -2.40. The first-order chi connectivity index (χ1) is 8.79. The summed E-state index contributed by atoms with van der Waals surface area (Å²) >= 11 is 0. The van der Waals surface area contributed by atoms with E-state index in [1.165, 1.54) is 64.2 Å². The topological polar surface area (TPSA) is 32.3 Å². The van der Waals surface area contributed by atoms with Gasteiger partial charge < -0.3 is 10.4 Å². The summed E-state index contributed by atoms with van der Waals surface area (Å²) in [6.45, 7) is 1.91. The van der Waals surface area contributed by atoms with Crippen LogP contribution in [0.2, 0.25) is 0 Å². The van der Waals surface area contributed by atoms with E-state index in [-0.39, 0.29) is 0 Å². The third-order valence-corrected chi connectivity index (χ3v) is 4.93. The summed E-state index contributed by atoms with van der Waals surface area (Å²) in [6.07, 6.45) is 15.6. The molecule has 0 aromatic rings. The molecule has 0 amide bonds. The lowest BCUT2D eigenvalue weighted by atomic mass is 9.94. The second-order valence-corrected chi connectivity index (χ2v) is 6.61. The van der Waals surface area contributed by atoms with E-state index in [0.29, 0.717) is 0 Å². The molecule has 0 bridgehead atoms. The van der Waals surface area contributed by atoms with Gasteiger partial charge in [0.25, 0.3) is 0 Å². The lowest BCUT2D eigenvalue weighted by molar-refractivity contribution is 0.0254. The Kier molecular flexibility index (Phi) is 5.97. The number of rotatable bonds is 6. The van der Waals surface area contributed by atoms with Crippen LogP contribution in [-0.2, 0) is 0 Å². The Balaban J connectivity index is 1.53. The van der Waals surface area contributed by atoms with Crippen LogP contribution >= 0.6 is 0 Å².